The van der Waals surface area contributed by atoms with Crippen molar-refractivity contribution in [2.24, 2.45) is 11.8 Å². The van der Waals surface area contributed by atoms with Crippen LogP contribution in [0.2, 0.25) is 0 Å². The topological polar surface area (TPSA) is 32.3 Å². The first-order valence-corrected chi connectivity index (χ1v) is 7.58. The van der Waals surface area contributed by atoms with Crippen molar-refractivity contribution in [3.05, 3.63) is 0 Å². The minimum atomic E-state index is 0.367. The fourth-order valence-electron chi connectivity index (χ4n) is 2.83. The van der Waals surface area contributed by atoms with Crippen LogP contribution in [-0.2, 0) is 4.79 Å². The molecule has 0 saturated carbocycles. The summed E-state index contributed by atoms with van der Waals surface area (Å²) < 4.78 is 0. The normalized spacial score (nSPS) is 19.8. The molecule has 0 aromatic rings. The van der Waals surface area contributed by atoms with Gasteiger partial charge < -0.3 is 10.2 Å². The quantitative estimate of drug-likeness (QED) is 0.757. The molecule has 1 amide bonds. The Morgan fingerprint density at radius 1 is 1.33 bits per heavy atom. The fourth-order valence-corrected chi connectivity index (χ4v) is 2.83. The number of amides is 1. The second-order valence-electron chi connectivity index (χ2n) is 5.97. The average Bonchev–Trinajstić information content (AvgIpc) is 2.81. The van der Waals surface area contributed by atoms with Crippen molar-refractivity contribution in [3.63, 3.8) is 0 Å². The molecule has 3 heteroatoms. The molecule has 1 fully saturated rings. The molecule has 0 aliphatic carbocycles. The first-order chi connectivity index (χ1) is 8.58. The Morgan fingerprint density at radius 3 is 2.44 bits per heavy atom. The van der Waals surface area contributed by atoms with Gasteiger partial charge in [-0.15, -0.1) is 0 Å². The van der Waals surface area contributed by atoms with E-state index in [2.05, 4.69) is 37.9 Å². The van der Waals surface area contributed by atoms with E-state index < -0.39 is 0 Å². The molecule has 1 heterocycles. The first-order valence-electron chi connectivity index (χ1n) is 7.58. The minimum absolute atomic E-state index is 0.367. The van der Waals surface area contributed by atoms with Crippen LogP contribution in [-0.4, -0.2) is 36.5 Å². The highest BCUT2D eigenvalue weighted by atomic mass is 16.2. The Morgan fingerprint density at radius 2 is 2.00 bits per heavy atom. The van der Waals surface area contributed by atoms with Crippen molar-refractivity contribution in [1.82, 2.24) is 10.2 Å². The molecule has 18 heavy (non-hydrogen) atoms. The summed E-state index contributed by atoms with van der Waals surface area (Å²) in [6.45, 7) is 11.8. The molecule has 1 aliphatic rings. The van der Waals surface area contributed by atoms with Gasteiger partial charge in [0.1, 0.15) is 0 Å². The zero-order valence-electron chi connectivity index (χ0n) is 12.5. The molecule has 0 aromatic heterocycles. The molecule has 1 N–H and O–H groups in total. The van der Waals surface area contributed by atoms with Gasteiger partial charge >= 0.3 is 0 Å². The van der Waals surface area contributed by atoms with Gasteiger partial charge in [-0.2, -0.15) is 0 Å². The predicted molar refractivity (Wildman–Crippen MR) is 76.5 cm³/mol. The molecule has 1 saturated heterocycles. The number of nitrogens with one attached hydrogen (secondary N) is 1. The molecular formula is C15H30N2O. The second-order valence-corrected chi connectivity index (χ2v) is 5.97. The van der Waals surface area contributed by atoms with Crippen LogP contribution in [0.4, 0.5) is 0 Å². The van der Waals surface area contributed by atoms with Gasteiger partial charge in [0.15, 0.2) is 0 Å². The summed E-state index contributed by atoms with van der Waals surface area (Å²) >= 11 is 0. The van der Waals surface area contributed by atoms with E-state index in [9.17, 15) is 4.79 Å². The number of nitrogens with zero attached hydrogens (tertiary/aromatic N) is 1. The van der Waals surface area contributed by atoms with E-state index in [4.69, 9.17) is 0 Å². The van der Waals surface area contributed by atoms with E-state index in [1.165, 1.54) is 0 Å². The maximum absolute atomic E-state index is 12.5. The maximum Gasteiger partial charge on any atom is 0.223 e. The first kappa shape index (κ1) is 15.5. The molecule has 106 valence electrons. The number of hydrogen-bond donors (Lipinski definition) is 1. The van der Waals surface area contributed by atoms with E-state index >= 15 is 0 Å². The highest BCUT2D eigenvalue weighted by Crippen LogP contribution is 2.18. The third-order valence-corrected chi connectivity index (χ3v) is 3.89. The highest BCUT2D eigenvalue weighted by Gasteiger charge is 2.25. The van der Waals surface area contributed by atoms with E-state index in [1.807, 2.05) is 0 Å². The average molecular weight is 254 g/mol. The van der Waals surface area contributed by atoms with Crippen LogP contribution in [0.5, 0.6) is 0 Å². The third kappa shape index (κ3) is 4.60. The lowest BCUT2D eigenvalue weighted by atomic mass is 10.0. The molecular weight excluding hydrogens is 224 g/mol. The van der Waals surface area contributed by atoms with E-state index in [0.29, 0.717) is 23.8 Å². The highest BCUT2D eigenvalue weighted by molar-refractivity contribution is 5.76. The van der Waals surface area contributed by atoms with Crippen molar-refractivity contribution in [2.45, 2.75) is 59.4 Å². The Balaban J connectivity index is 2.58. The maximum atomic E-state index is 12.5. The van der Waals surface area contributed by atoms with Gasteiger partial charge in [0, 0.05) is 19.0 Å². The lowest BCUT2D eigenvalue weighted by Gasteiger charge is -2.33. The van der Waals surface area contributed by atoms with E-state index in [-0.39, 0.29) is 0 Å². The summed E-state index contributed by atoms with van der Waals surface area (Å²) in [5.74, 6) is 1.48. The Bertz CT molecular complexity index is 243. The van der Waals surface area contributed by atoms with E-state index in [1.54, 1.807) is 0 Å². The summed E-state index contributed by atoms with van der Waals surface area (Å²) in [6.07, 6.45) is 4.02. The number of carbonyl (C=O) groups excluding carboxylic acids is 1. The lowest BCUT2D eigenvalue weighted by Crippen LogP contribution is -2.42. The fraction of sp³-hybridized carbons (Fsp3) is 0.933. The van der Waals surface area contributed by atoms with Crippen molar-refractivity contribution >= 4 is 5.91 Å². The van der Waals surface area contributed by atoms with Gasteiger partial charge in [-0.25, -0.2) is 0 Å². The van der Waals surface area contributed by atoms with Gasteiger partial charge in [0.25, 0.3) is 0 Å². The molecule has 0 radical (unpaired) electrons. The number of carbonyl (C=O) groups is 1. The van der Waals surface area contributed by atoms with Crippen LogP contribution < -0.4 is 5.32 Å². The molecule has 0 bridgehead atoms. The number of rotatable bonds is 7. The number of hydrogen-bond acceptors (Lipinski definition) is 2. The molecule has 3 nitrogen and oxygen atoms in total. The molecule has 1 unspecified atom stereocenters. The third-order valence-electron chi connectivity index (χ3n) is 3.89. The van der Waals surface area contributed by atoms with Gasteiger partial charge in [0.2, 0.25) is 5.91 Å². The molecule has 1 atom stereocenters. The van der Waals surface area contributed by atoms with Crippen LogP contribution in [0.3, 0.4) is 0 Å². The summed E-state index contributed by atoms with van der Waals surface area (Å²) in [5, 5.41) is 3.34. The monoisotopic (exact) mass is 254 g/mol. The van der Waals surface area contributed by atoms with Gasteiger partial charge in [-0.05, 0) is 44.2 Å². The van der Waals surface area contributed by atoms with Crippen molar-refractivity contribution in [1.29, 1.82) is 0 Å². The van der Waals surface area contributed by atoms with Crippen molar-refractivity contribution in [3.8, 4) is 0 Å². The summed E-state index contributed by atoms with van der Waals surface area (Å²) in [7, 11) is 0. The molecule has 0 aromatic carbocycles. The largest absolute Gasteiger partial charge is 0.339 e. The summed E-state index contributed by atoms with van der Waals surface area (Å²) in [4.78, 5) is 14.6. The summed E-state index contributed by atoms with van der Waals surface area (Å²) in [6, 6.07) is 0.425. The zero-order chi connectivity index (χ0) is 13.5. The van der Waals surface area contributed by atoms with Crippen molar-refractivity contribution in [2.75, 3.05) is 19.6 Å². The molecule has 1 rings (SSSR count). The Labute approximate surface area is 112 Å². The SMILES string of the molecule is CCC(CC)N(CC(C)C)C(=O)CC1CCNC1. The standard InChI is InChI=1S/C15H30N2O/c1-5-14(6-2)17(11-12(3)4)15(18)9-13-7-8-16-10-13/h12-14,16H,5-11H2,1-4H3. The van der Waals surface area contributed by atoms with E-state index in [0.717, 1.165) is 45.3 Å². The van der Waals surface area contributed by atoms with Crippen LogP contribution in [0.1, 0.15) is 53.4 Å². The summed E-state index contributed by atoms with van der Waals surface area (Å²) in [5.41, 5.74) is 0. The molecule has 0 spiro atoms. The Kier molecular flexibility index (Phi) is 6.69. The van der Waals surface area contributed by atoms with Crippen LogP contribution in [0.15, 0.2) is 0 Å². The van der Waals surface area contributed by atoms with Gasteiger partial charge in [0.05, 0.1) is 0 Å². The second kappa shape index (κ2) is 7.78. The van der Waals surface area contributed by atoms with Crippen LogP contribution in [0.25, 0.3) is 0 Å². The van der Waals surface area contributed by atoms with Crippen LogP contribution >= 0.6 is 0 Å². The van der Waals surface area contributed by atoms with Crippen molar-refractivity contribution < 1.29 is 4.79 Å². The zero-order valence-corrected chi connectivity index (χ0v) is 12.5. The lowest BCUT2D eigenvalue weighted by molar-refractivity contribution is -0.135. The van der Waals surface area contributed by atoms with Crippen LogP contribution in [0, 0.1) is 11.8 Å². The molecule has 1 aliphatic heterocycles. The minimum Gasteiger partial charge on any atom is -0.339 e. The Hall–Kier alpha value is -0.570. The predicted octanol–water partition coefficient (Wildman–Crippen LogP) is 2.66. The van der Waals surface area contributed by atoms with Gasteiger partial charge in [-0.3, -0.25) is 4.79 Å². The van der Waals surface area contributed by atoms with Gasteiger partial charge in [-0.1, -0.05) is 27.7 Å². The smallest absolute Gasteiger partial charge is 0.223 e.